The third-order valence-corrected chi connectivity index (χ3v) is 3.59. The van der Waals surface area contributed by atoms with E-state index in [2.05, 4.69) is 10.3 Å². The van der Waals surface area contributed by atoms with E-state index < -0.39 is 17.9 Å². The number of oxazole rings is 1. The van der Waals surface area contributed by atoms with Crippen molar-refractivity contribution in [2.75, 3.05) is 0 Å². The Morgan fingerprint density at radius 3 is 2.45 bits per heavy atom. The fourth-order valence-corrected chi connectivity index (χ4v) is 2.30. The predicted molar refractivity (Wildman–Crippen MR) is 79.7 cm³/mol. The molecule has 1 aromatic heterocycles. The summed E-state index contributed by atoms with van der Waals surface area (Å²) < 4.78 is 5.23. The van der Waals surface area contributed by atoms with Gasteiger partial charge in [0, 0.05) is 6.92 Å². The van der Waals surface area contributed by atoms with Gasteiger partial charge in [0.1, 0.15) is 0 Å². The number of benzene rings is 1. The second kappa shape index (κ2) is 6.01. The van der Waals surface area contributed by atoms with Gasteiger partial charge in [0.2, 0.25) is 5.76 Å². The number of nitrogens with zero attached hydrogens (tertiary/aromatic N) is 1. The molecule has 2 rings (SSSR count). The van der Waals surface area contributed by atoms with Gasteiger partial charge in [-0.3, -0.25) is 4.79 Å². The molecule has 2 aromatic rings. The lowest BCUT2D eigenvalue weighted by atomic mass is 9.97. The highest BCUT2D eigenvalue weighted by atomic mass is 16.4. The van der Waals surface area contributed by atoms with Crippen LogP contribution < -0.4 is 5.32 Å². The van der Waals surface area contributed by atoms with E-state index in [1.165, 1.54) is 0 Å². The summed E-state index contributed by atoms with van der Waals surface area (Å²) in [6.45, 7) is 6.99. The lowest BCUT2D eigenvalue weighted by molar-refractivity contribution is -0.139. The smallest absolute Gasteiger partial charge is 0.330 e. The van der Waals surface area contributed by atoms with Crippen molar-refractivity contribution < 1.29 is 19.1 Å². The molecule has 0 radical (unpaired) electrons. The molecule has 0 fully saturated rings. The van der Waals surface area contributed by atoms with Gasteiger partial charge < -0.3 is 14.8 Å². The van der Waals surface area contributed by atoms with Gasteiger partial charge >= 0.3 is 5.97 Å². The zero-order chi connectivity index (χ0) is 16.4. The second-order valence-corrected chi connectivity index (χ2v) is 5.18. The molecule has 0 aliphatic rings. The van der Waals surface area contributed by atoms with Gasteiger partial charge in [0.05, 0.1) is 5.69 Å². The van der Waals surface area contributed by atoms with Gasteiger partial charge in [0.15, 0.2) is 11.9 Å². The number of amides is 1. The van der Waals surface area contributed by atoms with E-state index >= 15 is 0 Å². The van der Waals surface area contributed by atoms with E-state index in [0.29, 0.717) is 17.1 Å². The first kappa shape index (κ1) is 15.8. The Labute approximate surface area is 128 Å². The minimum atomic E-state index is -1.14. The molecule has 116 valence electrons. The number of rotatable bonds is 4. The Bertz CT molecular complexity index is 734. The minimum Gasteiger partial charge on any atom is -0.479 e. The van der Waals surface area contributed by atoms with Crippen LogP contribution in [0.3, 0.4) is 0 Å². The number of carbonyl (C=O) groups is 2. The molecule has 1 unspecified atom stereocenters. The molecular formula is C16H18N2O4. The largest absolute Gasteiger partial charge is 0.479 e. The van der Waals surface area contributed by atoms with Gasteiger partial charge in [-0.2, -0.15) is 0 Å². The lowest BCUT2D eigenvalue weighted by Gasteiger charge is -2.17. The van der Waals surface area contributed by atoms with Crippen LogP contribution in [0.25, 0.3) is 0 Å². The molecule has 6 nitrogen and oxygen atoms in total. The summed E-state index contributed by atoms with van der Waals surface area (Å²) in [5, 5.41) is 12.0. The van der Waals surface area contributed by atoms with Crippen LogP contribution in [-0.4, -0.2) is 22.0 Å². The number of carboxylic acids is 1. The van der Waals surface area contributed by atoms with E-state index in [-0.39, 0.29) is 5.76 Å². The first-order valence-electron chi connectivity index (χ1n) is 6.85. The highest BCUT2D eigenvalue weighted by Gasteiger charge is 2.27. The van der Waals surface area contributed by atoms with Crippen molar-refractivity contribution in [1.29, 1.82) is 0 Å². The van der Waals surface area contributed by atoms with E-state index in [0.717, 1.165) is 11.1 Å². The summed E-state index contributed by atoms with van der Waals surface area (Å²) in [6, 6.07) is 4.21. The number of aryl methyl sites for hydroxylation is 3. The van der Waals surface area contributed by atoms with Crippen molar-refractivity contribution in [3.63, 3.8) is 0 Å². The molecule has 1 amide bonds. The van der Waals surface area contributed by atoms with Crippen LogP contribution in [0, 0.1) is 27.7 Å². The molecule has 0 saturated carbocycles. The molecule has 6 heteroatoms. The number of aliphatic carboxylic acids is 1. The molecule has 0 aliphatic heterocycles. The normalized spacial score (nSPS) is 12.0. The van der Waals surface area contributed by atoms with Crippen LogP contribution in [0.15, 0.2) is 22.6 Å². The Kier molecular flexibility index (Phi) is 4.30. The van der Waals surface area contributed by atoms with Gasteiger partial charge in [-0.15, -0.1) is 0 Å². The van der Waals surface area contributed by atoms with Crippen molar-refractivity contribution in [1.82, 2.24) is 10.3 Å². The van der Waals surface area contributed by atoms with E-state index in [9.17, 15) is 14.7 Å². The molecule has 0 bridgehead atoms. The summed E-state index contributed by atoms with van der Waals surface area (Å²) in [5.41, 5.74) is 2.78. The quantitative estimate of drug-likeness (QED) is 0.905. The predicted octanol–water partition coefficient (Wildman–Crippen LogP) is 2.46. The van der Waals surface area contributed by atoms with Crippen molar-refractivity contribution in [2.24, 2.45) is 0 Å². The zero-order valence-electron chi connectivity index (χ0n) is 12.9. The summed E-state index contributed by atoms with van der Waals surface area (Å²) in [7, 11) is 0. The molecule has 1 atom stereocenters. The maximum atomic E-state index is 12.3. The molecule has 0 saturated heterocycles. The number of hydrogen-bond acceptors (Lipinski definition) is 4. The number of nitrogens with one attached hydrogen (secondary N) is 1. The summed E-state index contributed by atoms with van der Waals surface area (Å²) in [4.78, 5) is 27.8. The summed E-state index contributed by atoms with van der Waals surface area (Å²) >= 11 is 0. The van der Waals surface area contributed by atoms with Crippen LogP contribution >= 0.6 is 0 Å². The van der Waals surface area contributed by atoms with E-state index in [1.54, 1.807) is 26.0 Å². The number of carboxylic acid groups (broad SMARTS) is 1. The number of carbonyl (C=O) groups excluding carboxylic acids is 1. The standard InChI is InChI=1S/C16H18N2O4/c1-8-6-5-7-12(9(8)2)13(16(20)21)18-15(19)14-10(3)17-11(4)22-14/h5-7,13H,1-4H3,(H,18,19)(H,20,21). The van der Waals surface area contributed by atoms with Crippen molar-refractivity contribution >= 4 is 11.9 Å². The van der Waals surface area contributed by atoms with Crippen molar-refractivity contribution in [2.45, 2.75) is 33.7 Å². The topological polar surface area (TPSA) is 92.4 Å². The van der Waals surface area contributed by atoms with Gasteiger partial charge in [-0.1, -0.05) is 18.2 Å². The third kappa shape index (κ3) is 3.00. The fourth-order valence-electron chi connectivity index (χ4n) is 2.30. The van der Waals surface area contributed by atoms with Gasteiger partial charge in [-0.05, 0) is 37.5 Å². The third-order valence-electron chi connectivity index (χ3n) is 3.59. The average Bonchev–Trinajstić information content (AvgIpc) is 2.78. The van der Waals surface area contributed by atoms with Crippen LogP contribution in [0.2, 0.25) is 0 Å². The molecule has 22 heavy (non-hydrogen) atoms. The average molecular weight is 302 g/mol. The van der Waals surface area contributed by atoms with Crippen LogP contribution in [0.1, 0.15) is 44.9 Å². The van der Waals surface area contributed by atoms with Crippen molar-refractivity contribution in [3.8, 4) is 0 Å². The minimum absolute atomic E-state index is 0.0362. The van der Waals surface area contributed by atoms with E-state index in [1.807, 2.05) is 19.9 Å². The second-order valence-electron chi connectivity index (χ2n) is 5.18. The Morgan fingerprint density at radius 2 is 1.91 bits per heavy atom. The highest BCUT2D eigenvalue weighted by molar-refractivity contribution is 5.95. The maximum Gasteiger partial charge on any atom is 0.330 e. The molecule has 0 aliphatic carbocycles. The Hall–Kier alpha value is -2.63. The molecule has 1 aromatic carbocycles. The Balaban J connectivity index is 2.34. The van der Waals surface area contributed by atoms with Gasteiger partial charge in [0.25, 0.3) is 5.91 Å². The first-order valence-corrected chi connectivity index (χ1v) is 6.85. The molecule has 2 N–H and O–H groups in total. The van der Waals surface area contributed by atoms with Crippen molar-refractivity contribution in [3.05, 3.63) is 52.2 Å². The Morgan fingerprint density at radius 1 is 1.23 bits per heavy atom. The van der Waals surface area contributed by atoms with Gasteiger partial charge in [-0.25, -0.2) is 9.78 Å². The van der Waals surface area contributed by atoms with Crippen LogP contribution in [0.5, 0.6) is 0 Å². The van der Waals surface area contributed by atoms with E-state index in [4.69, 9.17) is 4.42 Å². The highest BCUT2D eigenvalue weighted by Crippen LogP contribution is 2.22. The maximum absolute atomic E-state index is 12.3. The van der Waals surface area contributed by atoms with Crippen LogP contribution in [0.4, 0.5) is 0 Å². The monoisotopic (exact) mass is 302 g/mol. The summed E-state index contributed by atoms with van der Waals surface area (Å²) in [6.07, 6.45) is 0. The molecular weight excluding hydrogens is 284 g/mol. The number of aromatic nitrogens is 1. The lowest BCUT2D eigenvalue weighted by Crippen LogP contribution is -2.34. The SMILES string of the molecule is Cc1nc(C)c(C(=O)NC(C(=O)O)c2cccc(C)c2C)o1. The first-order chi connectivity index (χ1) is 10.3. The summed E-state index contributed by atoms with van der Waals surface area (Å²) in [5.74, 6) is -1.32. The number of hydrogen-bond donors (Lipinski definition) is 2. The fraction of sp³-hybridized carbons (Fsp3) is 0.312. The molecule has 1 heterocycles. The molecule has 0 spiro atoms. The zero-order valence-corrected chi connectivity index (χ0v) is 12.9. The van der Waals surface area contributed by atoms with Crippen LogP contribution in [-0.2, 0) is 4.79 Å².